The van der Waals surface area contributed by atoms with Gasteiger partial charge >= 0.3 is 5.97 Å². The average molecular weight is 294 g/mol. The van der Waals surface area contributed by atoms with Crippen LogP contribution in [0, 0.1) is 0 Å². The molecule has 2 N–H and O–H groups in total. The highest BCUT2D eigenvalue weighted by molar-refractivity contribution is 7.13. The molecule has 1 amide bonds. The van der Waals surface area contributed by atoms with Gasteiger partial charge in [-0.05, 0) is 24.3 Å². The summed E-state index contributed by atoms with van der Waals surface area (Å²) < 4.78 is 5.11. The van der Waals surface area contributed by atoms with Gasteiger partial charge in [-0.3, -0.25) is 9.59 Å². The Bertz CT molecular complexity index is 577. The topological polar surface area (TPSA) is 92.4 Å². The Kier molecular flexibility index (Phi) is 4.89. The van der Waals surface area contributed by atoms with Gasteiger partial charge in [0.15, 0.2) is 11.5 Å². The Hall–Kier alpha value is -2.15. The fourth-order valence-corrected chi connectivity index (χ4v) is 2.28. The highest BCUT2D eigenvalue weighted by atomic mass is 32.1. The summed E-state index contributed by atoms with van der Waals surface area (Å²) >= 11 is 1.51. The van der Waals surface area contributed by atoms with Crippen LogP contribution in [0.1, 0.15) is 29.8 Å². The number of rotatable bonds is 7. The van der Waals surface area contributed by atoms with Crippen LogP contribution in [0.25, 0.3) is 10.6 Å². The van der Waals surface area contributed by atoms with Crippen LogP contribution in [-0.4, -0.2) is 28.7 Å². The number of amides is 1. The number of carboxylic acids is 1. The number of unbranched alkanes of at least 4 members (excludes halogenated alkanes) is 1. The Morgan fingerprint density at radius 1 is 1.40 bits per heavy atom. The number of aromatic nitrogens is 1. The van der Waals surface area contributed by atoms with Gasteiger partial charge < -0.3 is 14.9 Å². The van der Waals surface area contributed by atoms with Crippen molar-refractivity contribution in [3.05, 3.63) is 29.3 Å². The molecule has 20 heavy (non-hydrogen) atoms. The van der Waals surface area contributed by atoms with Crippen LogP contribution in [0.4, 0.5) is 0 Å². The van der Waals surface area contributed by atoms with Crippen LogP contribution in [0.2, 0.25) is 0 Å². The van der Waals surface area contributed by atoms with Gasteiger partial charge in [-0.25, -0.2) is 0 Å². The van der Waals surface area contributed by atoms with Crippen LogP contribution >= 0.6 is 11.3 Å². The van der Waals surface area contributed by atoms with Crippen LogP contribution in [0.3, 0.4) is 0 Å². The molecule has 7 heteroatoms. The van der Waals surface area contributed by atoms with Crippen molar-refractivity contribution in [3.8, 4) is 10.6 Å². The second-order valence-electron chi connectivity index (χ2n) is 4.16. The Balaban J connectivity index is 1.80. The molecule has 2 heterocycles. The second kappa shape index (κ2) is 6.85. The van der Waals surface area contributed by atoms with Crippen LogP contribution in [0.15, 0.2) is 28.1 Å². The third kappa shape index (κ3) is 3.92. The van der Waals surface area contributed by atoms with Crippen molar-refractivity contribution in [3.63, 3.8) is 0 Å². The van der Waals surface area contributed by atoms with E-state index in [-0.39, 0.29) is 18.0 Å². The maximum Gasteiger partial charge on any atom is 0.303 e. The summed E-state index contributed by atoms with van der Waals surface area (Å²) in [4.78, 5) is 23.0. The monoisotopic (exact) mass is 294 g/mol. The van der Waals surface area contributed by atoms with Crippen LogP contribution < -0.4 is 5.32 Å². The summed E-state index contributed by atoms with van der Waals surface area (Å²) in [5.74, 6) is -0.573. The first-order chi connectivity index (χ1) is 9.66. The van der Waals surface area contributed by atoms with E-state index in [0.29, 0.717) is 25.1 Å². The molecule has 0 atom stereocenters. The molecule has 0 aliphatic heterocycles. The van der Waals surface area contributed by atoms with Crippen molar-refractivity contribution in [2.45, 2.75) is 19.3 Å². The molecular formula is C13H14N2O4S. The molecule has 0 aliphatic rings. The molecule has 0 saturated carbocycles. The predicted octanol–water partition coefficient (Wildman–Crippen LogP) is 2.39. The van der Waals surface area contributed by atoms with Crippen LogP contribution in [-0.2, 0) is 4.79 Å². The molecule has 0 bridgehead atoms. The molecule has 2 aromatic rings. The first-order valence-electron chi connectivity index (χ1n) is 6.17. The molecule has 0 saturated heterocycles. The molecule has 0 fully saturated rings. The lowest BCUT2D eigenvalue weighted by molar-refractivity contribution is -0.137. The number of nitrogens with zero attached hydrogens (tertiary/aromatic N) is 1. The number of hydrogen-bond donors (Lipinski definition) is 2. The van der Waals surface area contributed by atoms with E-state index in [2.05, 4.69) is 10.5 Å². The minimum absolute atomic E-state index is 0.113. The zero-order valence-electron chi connectivity index (χ0n) is 10.7. The number of carbonyl (C=O) groups is 2. The summed E-state index contributed by atoms with van der Waals surface area (Å²) in [6.07, 6.45) is 1.27. The summed E-state index contributed by atoms with van der Waals surface area (Å²) in [6.45, 7) is 0.424. The average Bonchev–Trinajstić information content (AvgIpc) is 3.08. The Labute approximate surface area is 119 Å². The molecule has 6 nitrogen and oxygen atoms in total. The van der Waals surface area contributed by atoms with Gasteiger partial charge in [0.05, 0.1) is 4.88 Å². The molecule has 2 rings (SSSR count). The summed E-state index contributed by atoms with van der Waals surface area (Å²) in [5, 5.41) is 16.8. The van der Waals surface area contributed by atoms with E-state index >= 15 is 0 Å². The van der Waals surface area contributed by atoms with Crippen molar-refractivity contribution >= 4 is 23.2 Å². The highest BCUT2D eigenvalue weighted by Gasteiger charge is 2.13. The standard InChI is InChI=1S/C13H14N2O4S/c16-12(17)5-1-2-6-14-13(18)9-8-10(19-15-9)11-4-3-7-20-11/h3-4,7-8H,1-2,5-6H2,(H,14,18)(H,16,17). The zero-order chi connectivity index (χ0) is 14.4. The van der Waals surface area contributed by atoms with E-state index in [1.165, 1.54) is 11.3 Å². The van der Waals surface area contributed by atoms with Crippen molar-refractivity contribution < 1.29 is 19.2 Å². The van der Waals surface area contributed by atoms with Crippen LogP contribution in [0.5, 0.6) is 0 Å². The van der Waals surface area contributed by atoms with E-state index in [0.717, 1.165) is 4.88 Å². The summed E-state index contributed by atoms with van der Waals surface area (Å²) in [7, 11) is 0. The number of carbonyl (C=O) groups excluding carboxylic acids is 1. The first kappa shape index (κ1) is 14.3. The highest BCUT2D eigenvalue weighted by Crippen LogP contribution is 2.24. The van der Waals surface area contributed by atoms with Gasteiger partial charge in [-0.2, -0.15) is 0 Å². The maximum absolute atomic E-state index is 11.8. The predicted molar refractivity (Wildman–Crippen MR) is 73.6 cm³/mol. The smallest absolute Gasteiger partial charge is 0.303 e. The summed E-state index contributed by atoms with van der Waals surface area (Å²) in [6, 6.07) is 5.38. The lowest BCUT2D eigenvalue weighted by Crippen LogP contribution is -2.24. The van der Waals surface area contributed by atoms with Crippen molar-refractivity contribution in [2.24, 2.45) is 0 Å². The van der Waals surface area contributed by atoms with E-state index < -0.39 is 5.97 Å². The minimum Gasteiger partial charge on any atom is -0.481 e. The minimum atomic E-state index is -0.826. The number of aliphatic carboxylic acids is 1. The van der Waals surface area contributed by atoms with E-state index in [1.807, 2.05) is 17.5 Å². The molecule has 0 spiro atoms. The van der Waals surface area contributed by atoms with Gasteiger partial charge in [0, 0.05) is 19.0 Å². The SMILES string of the molecule is O=C(O)CCCCNC(=O)c1cc(-c2cccs2)on1. The van der Waals surface area contributed by atoms with Gasteiger partial charge in [0.2, 0.25) is 0 Å². The van der Waals surface area contributed by atoms with Crippen molar-refractivity contribution in [2.75, 3.05) is 6.54 Å². The number of nitrogens with one attached hydrogen (secondary N) is 1. The fourth-order valence-electron chi connectivity index (χ4n) is 1.61. The number of thiophene rings is 1. The third-order valence-corrected chi connectivity index (χ3v) is 3.49. The third-order valence-electron chi connectivity index (χ3n) is 2.61. The lowest BCUT2D eigenvalue weighted by Gasteiger charge is -2.01. The molecule has 0 aliphatic carbocycles. The summed E-state index contributed by atoms with van der Waals surface area (Å²) in [5.41, 5.74) is 0.228. The van der Waals surface area contributed by atoms with Crippen molar-refractivity contribution in [1.82, 2.24) is 10.5 Å². The first-order valence-corrected chi connectivity index (χ1v) is 7.05. The lowest BCUT2D eigenvalue weighted by atomic mass is 10.2. The molecule has 0 aromatic carbocycles. The van der Waals surface area contributed by atoms with Crippen molar-refractivity contribution in [1.29, 1.82) is 0 Å². The van der Waals surface area contributed by atoms with Gasteiger partial charge in [0.1, 0.15) is 0 Å². The van der Waals surface area contributed by atoms with E-state index in [9.17, 15) is 9.59 Å². The molecular weight excluding hydrogens is 280 g/mol. The number of hydrogen-bond acceptors (Lipinski definition) is 5. The van der Waals surface area contributed by atoms with Gasteiger partial charge in [0.25, 0.3) is 5.91 Å². The number of carboxylic acid groups (broad SMARTS) is 1. The Morgan fingerprint density at radius 2 is 2.25 bits per heavy atom. The molecule has 2 aromatic heterocycles. The largest absolute Gasteiger partial charge is 0.481 e. The molecule has 106 valence electrons. The molecule has 0 unspecified atom stereocenters. The maximum atomic E-state index is 11.8. The fraction of sp³-hybridized carbons (Fsp3) is 0.308. The van der Waals surface area contributed by atoms with E-state index in [1.54, 1.807) is 6.07 Å². The van der Waals surface area contributed by atoms with Gasteiger partial charge in [-0.15, -0.1) is 11.3 Å². The quantitative estimate of drug-likeness (QED) is 0.765. The van der Waals surface area contributed by atoms with Gasteiger partial charge in [-0.1, -0.05) is 11.2 Å². The normalized spacial score (nSPS) is 10.4. The molecule has 0 radical (unpaired) electrons. The second-order valence-corrected chi connectivity index (χ2v) is 5.11. The Morgan fingerprint density at radius 3 is 2.95 bits per heavy atom. The zero-order valence-corrected chi connectivity index (χ0v) is 11.5. The van der Waals surface area contributed by atoms with E-state index in [4.69, 9.17) is 9.63 Å².